The van der Waals surface area contributed by atoms with Gasteiger partial charge in [0.1, 0.15) is 12.6 Å². The van der Waals surface area contributed by atoms with Crippen LogP contribution in [0.25, 0.3) is 0 Å². The topological polar surface area (TPSA) is 105 Å². The zero-order valence-corrected chi connectivity index (χ0v) is 30.3. The van der Waals surface area contributed by atoms with Gasteiger partial charge in [0.25, 0.3) is 10.0 Å². The highest BCUT2D eigenvalue weighted by atomic mass is 35.5. The van der Waals surface area contributed by atoms with Gasteiger partial charge in [-0.15, -0.1) is 0 Å². The minimum Gasteiger partial charge on any atom is -0.493 e. The summed E-state index contributed by atoms with van der Waals surface area (Å²) in [6, 6.07) is 26.9. The number of hydrogen-bond acceptors (Lipinski definition) is 6. The molecular weight excluding hydrogens is 674 g/mol. The average Bonchev–Trinajstić information content (AvgIpc) is 3.13. The van der Waals surface area contributed by atoms with Gasteiger partial charge >= 0.3 is 0 Å². The number of carbonyl (C=O) groups is 2. The van der Waals surface area contributed by atoms with Crippen molar-refractivity contribution in [2.75, 3.05) is 25.1 Å². The lowest BCUT2D eigenvalue weighted by Crippen LogP contribution is -2.55. The molecule has 9 nitrogen and oxygen atoms in total. The molecule has 11 heteroatoms. The maximum absolute atomic E-state index is 14.8. The van der Waals surface area contributed by atoms with Gasteiger partial charge in [0.2, 0.25) is 11.8 Å². The number of halogens is 1. The van der Waals surface area contributed by atoms with Crippen molar-refractivity contribution in [2.45, 2.75) is 69.0 Å². The monoisotopic (exact) mass is 717 g/mol. The number of methoxy groups -OCH3 is 2. The van der Waals surface area contributed by atoms with Crippen molar-refractivity contribution in [3.8, 4) is 11.5 Å². The third kappa shape index (κ3) is 9.17. The van der Waals surface area contributed by atoms with Gasteiger partial charge < -0.3 is 19.7 Å². The number of rotatable bonds is 14. The lowest BCUT2D eigenvalue weighted by atomic mass is 9.94. The Morgan fingerprint density at radius 3 is 2.14 bits per heavy atom. The number of benzene rings is 4. The number of hydrogen-bond donors (Lipinski definition) is 1. The lowest BCUT2D eigenvalue weighted by molar-refractivity contribution is -0.140. The van der Waals surface area contributed by atoms with E-state index < -0.39 is 28.5 Å². The molecule has 0 unspecified atom stereocenters. The number of aryl methyl sites for hydroxylation is 1. The number of nitrogens with zero attached hydrogens (tertiary/aromatic N) is 2. The standard InChI is InChI=1S/C39H44ClN3O6S/c1-28-14-20-33(21-15-28)43(50(46,47)34-22-23-36(48-2)37(25-34)49-3)27-38(44)42(26-30-16-18-31(40)19-17-30)35(24-29-10-6-4-7-11-29)39(45)41-32-12-8-5-9-13-32/h4,6-7,10-11,14-23,25,32,35H,5,8-9,12-13,24,26-27H2,1-3H3,(H,41,45)/t35-/m1/s1. The van der Waals surface area contributed by atoms with Crippen molar-refractivity contribution < 1.29 is 27.5 Å². The molecule has 50 heavy (non-hydrogen) atoms. The van der Waals surface area contributed by atoms with Crippen LogP contribution in [0.2, 0.25) is 5.02 Å². The van der Waals surface area contributed by atoms with E-state index in [-0.39, 0.29) is 35.6 Å². The average molecular weight is 718 g/mol. The van der Waals surface area contributed by atoms with Crippen molar-refractivity contribution in [1.29, 1.82) is 0 Å². The molecule has 0 aliphatic heterocycles. The minimum atomic E-state index is -4.33. The SMILES string of the molecule is COc1ccc(S(=O)(=O)N(CC(=O)N(Cc2ccc(Cl)cc2)[C@H](Cc2ccccc2)C(=O)NC2CCCCC2)c2ccc(C)cc2)cc1OC. The summed E-state index contributed by atoms with van der Waals surface area (Å²) in [6.45, 7) is 1.40. The van der Waals surface area contributed by atoms with Crippen LogP contribution in [0.1, 0.15) is 48.8 Å². The molecule has 0 radical (unpaired) electrons. The fraction of sp³-hybridized carbons (Fsp3) is 0.333. The summed E-state index contributed by atoms with van der Waals surface area (Å²) in [5.41, 5.74) is 2.85. The molecule has 1 fully saturated rings. The summed E-state index contributed by atoms with van der Waals surface area (Å²) < 4.78 is 40.8. The Hall–Kier alpha value is -4.54. The number of nitrogens with one attached hydrogen (secondary N) is 1. The van der Waals surface area contributed by atoms with E-state index in [0.717, 1.165) is 53.1 Å². The molecule has 2 amide bonds. The second kappa shape index (κ2) is 16.9. The molecule has 1 aliphatic rings. The molecule has 1 N–H and O–H groups in total. The van der Waals surface area contributed by atoms with Crippen LogP contribution in [0.5, 0.6) is 11.5 Å². The number of ether oxygens (including phenoxy) is 2. The number of anilines is 1. The first-order valence-electron chi connectivity index (χ1n) is 16.8. The third-order valence-electron chi connectivity index (χ3n) is 9.03. The molecule has 1 saturated carbocycles. The minimum absolute atomic E-state index is 0.0106. The van der Waals surface area contributed by atoms with Crippen LogP contribution in [-0.2, 0) is 32.6 Å². The first kappa shape index (κ1) is 36.7. The van der Waals surface area contributed by atoms with E-state index in [1.807, 2.05) is 37.3 Å². The molecule has 4 aromatic carbocycles. The van der Waals surface area contributed by atoms with E-state index in [4.69, 9.17) is 21.1 Å². The van der Waals surface area contributed by atoms with Gasteiger partial charge in [0, 0.05) is 30.1 Å². The largest absolute Gasteiger partial charge is 0.493 e. The predicted molar refractivity (Wildman–Crippen MR) is 196 cm³/mol. The summed E-state index contributed by atoms with van der Waals surface area (Å²) in [4.78, 5) is 30.4. The van der Waals surface area contributed by atoms with Crippen molar-refractivity contribution >= 4 is 39.1 Å². The van der Waals surface area contributed by atoms with Crippen molar-refractivity contribution in [3.05, 3.63) is 119 Å². The second-order valence-electron chi connectivity index (χ2n) is 12.6. The Morgan fingerprint density at radius 2 is 1.50 bits per heavy atom. The highest BCUT2D eigenvalue weighted by Gasteiger charge is 2.35. The summed E-state index contributed by atoms with van der Waals surface area (Å²) in [5.74, 6) is -0.210. The van der Waals surface area contributed by atoms with Gasteiger partial charge in [-0.2, -0.15) is 0 Å². The van der Waals surface area contributed by atoms with Crippen LogP contribution < -0.4 is 19.1 Å². The first-order valence-corrected chi connectivity index (χ1v) is 18.6. The normalized spacial score (nSPS) is 14.0. The summed E-state index contributed by atoms with van der Waals surface area (Å²) in [6.07, 6.45) is 5.18. The molecule has 5 rings (SSSR count). The van der Waals surface area contributed by atoms with Gasteiger partial charge in [-0.25, -0.2) is 8.42 Å². The number of carbonyl (C=O) groups excluding carboxylic acids is 2. The van der Waals surface area contributed by atoms with Gasteiger partial charge in [-0.05, 0) is 67.3 Å². The Balaban J connectivity index is 1.57. The van der Waals surface area contributed by atoms with Crippen molar-refractivity contribution in [3.63, 3.8) is 0 Å². The van der Waals surface area contributed by atoms with Crippen LogP contribution >= 0.6 is 11.6 Å². The maximum atomic E-state index is 14.8. The van der Waals surface area contributed by atoms with E-state index in [2.05, 4.69) is 5.32 Å². The molecule has 0 heterocycles. The van der Waals surface area contributed by atoms with Crippen LogP contribution in [0.3, 0.4) is 0 Å². The number of amides is 2. The van der Waals surface area contributed by atoms with Crippen molar-refractivity contribution in [2.24, 2.45) is 0 Å². The molecule has 0 saturated heterocycles. The quantitative estimate of drug-likeness (QED) is 0.151. The molecular formula is C39H44ClN3O6S. The van der Waals surface area contributed by atoms with Crippen LogP contribution in [0, 0.1) is 6.92 Å². The van der Waals surface area contributed by atoms with E-state index in [1.54, 1.807) is 48.5 Å². The van der Waals surface area contributed by atoms with Crippen LogP contribution in [-0.4, -0.2) is 58.0 Å². The fourth-order valence-electron chi connectivity index (χ4n) is 6.23. The molecule has 0 aromatic heterocycles. The Bertz CT molecular complexity index is 1850. The Labute approximate surface area is 300 Å². The van der Waals surface area contributed by atoms with Gasteiger partial charge in [-0.3, -0.25) is 13.9 Å². The summed E-state index contributed by atoms with van der Waals surface area (Å²) in [5, 5.41) is 3.76. The Kier molecular flexibility index (Phi) is 12.4. The smallest absolute Gasteiger partial charge is 0.264 e. The highest BCUT2D eigenvalue weighted by Crippen LogP contribution is 2.33. The summed E-state index contributed by atoms with van der Waals surface area (Å²) >= 11 is 6.20. The van der Waals surface area contributed by atoms with Crippen LogP contribution in [0.4, 0.5) is 5.69 Å². The van der Waals surface area contributed by atoms with E-state index in [1.165, 1.54) is 37.3 Å². The number of sulfonamides is 1. The highest BCUT2D eigenvalue weighted by molar-refractivity contribution is 7.92. The maximum Gasteiger partial charge on any atom is 0.264 e. The van der Waals surface area contributed by atoms with E-state index in [0.29, 0.717) is 16.5 Å². The molecule has 4 aromatic rings. The zero-order valence-electron chi connectivity index (χ0n) is 28.7. The third-order valence-corrected chi connectivity index (χ3v) is 11.1. The first-order chi connectivity index (χ1) is 24.1. The second-order valence-corrected chi connectivity index (χ2v) is 14.9. The molecule has 1 aliphatic carbocycles. The summed E-state index contributed by atoms with van der Waals surface area (Å²) in [7, 11) is -1.43. The lowest BCUT2D eigenvalue weighted by Gasteiger charge is -2.35. The fourth-order valence-corrected chi connectivity index (χ4v) is 7.78. The van der Waals surface area contributed by atoms with Gasteiger partial charge in [0.05, 0.1) is 24.8 Å². The van der Waals surface area contributed by atoms with Crippen molar-refractivity contribution in [1.82, 2.24) is 10.2 Å². The Morgan fingerprint density at radius 1 is 0.840 bits per heavy atom. The molecule has 0 spiro atoms. The van der Waals surface area contributed by atoms with E-state index in [9.17, 15) is 18.0 Å². The van der Waals surface area contributed by atoms with E-state index >= 15 is 0 Å². The molecule has 264 valence electrons. The zero-order chi connectivity index (χ0) is 35.7. The predicted octanol–water partition coefficient (Wildman–Crippen LogP) is 6.95. The van der Waals surface area contributed by atoms with Crippen LogP contribution in [0.15, 0.2) is 102 Å². The van der Waals surface area contributed by atoms with Gasteiger partial charge in [-0.1, -0.05) is 91.0 Å². The molecule has 0 bridgehead atoms. The van der Waals surface area contributed by atoms with Gasteiger partial charge in [0.15, 0.2) is 11.5 Å². The molecule has 1 atom stereocenters.